The van der Waals surface area contributed by atoms with E-state index in [1.54, 1.807) is 24.3 Å². The Morgan fingerprint density at radius 1 is 1.00 bits per heavy atom. The molecule has 7 heteroatoms. The lowest BCUT2D eigenvalue weighted by atomic mass is 10.2. The predicted molar refractivity (Wildman–Crippen MR) is 102 cm³/mol. The molecule has 0 saturated heterocycles. The highest BCUT2D eigenvalue weighted by molar-refractivity contribution is 5.90. The number of carbonyl (C=O) groups is 1. The SMILES string of the molecule is O=C(CCCCCn1c(=O)[nH]c2ccccc2c1=O)Nc1ccc(F)cc1. The quantitative estimate of drug-likeness (QED) is 0.628. The number of unbranched alkanes of at least 4 members (excludes halogenated alkanes) is 2. The van der Waals surface area contributed by atoms with Gasteiger partial charge < -0.3 is 10.3 Å². The van der Waals surface area contributed by atoms with Gasteiger partial charge in [0.15, 0.2) is 0 Å². The number of nitrogens with one attached hydrogen (secondary N) is 2. The molecule has 3 aromatic rings. The number of aromatic amines is 1. The maximum Gasteiger partial charge on any atom is 0.328 e. The Kier molecular flexibility index (Phi) is 5.80. The molecule has 0 aliphatic carbocycles. The third-order valence-corrected chi connectivity index (χ3v) is 4.30. The van der Waals surface area contributed by atoms with E-state index >= 15 is 0 Å². The highest BCUT2D eigenvalue weighted by Gasteiger charge is 2.07. The second kappa shape index (κ2) is 8.44. The third-order valence-electron chi connectivity index (χ3n) is 4.30. The summed E-state index contributed by atoms with van der Waals surface area (Å²) in [6.07, 6.45) is 2.27. The maximum atomic E-state index is 12.8. The second-order valence-corrected chi connectivity index (χ2v) is 6.30. The summed E-state index contributed by atoms with van der Waals surface area (Å²) < 4.78 is 14.0. The lowest BCUT2D eigenvalue weighted by molar-refractivity contribution is -0.116. The van der Waals surface area contributed by atoms with E-state index in [1.807, 2.05) is 0 Å². The molecule has 3 rings (SSSR count). The van der Waals surface area contributed by atoms with Gasteiger partial charge in [0.2, 0.25) is 5.91 Å². The van der Waals surface area contributed by atoms with Crippen molar-refractivity contribution in [2.75, 3.05) is 5.32 Å². The smallest absolute Gasteiger partial charge is 0.326 e. The fourth-order valence-corrected chi connectivity index (χ4v) is 2.89. The van der Waals surface area contributed by atoms with Gasteiger partial charge in [0.1, 0.15) is 5.82 Å². The minimum atomic E-state index is -0.423. The van der Waals surface area contributed by atoms with Crippen LogP contribution in [0.25, 0.3) is 10.9 Å². The van der Waals surface area contributed by atoms with Gasteiger partial charge in [0, 0.05) is 18.7 Å². The van der Waals surface area contributed by atoms with Gasteiger partial charge in [-0.1, -0.05) is 18.6 Å². The number of hydrogen-bond donors (Lipinski definition) is 2. The molecule has 0 aliphatic heterocycles. The average molecular weight is 369 g/mol. The standard InChI is InChI=1S/C20H20FN3O3/c21-14-9-11-15(12-10-14)22-18(25)8-2-1-5-13-24-19(26)16-6-3-4-7-17(16)23-20(24)27/h3-4,6-7,9-12H,1-2,5,8,13H2,(H,22,25)(H,23,27). The number of halogens is 1. The van der Waals surface area contributed by atoms with E-state index in [2.05, 4.69) is 10.3 Å². The summed E-state index contributed by atoms with van der Waals surface area (Å²) in [5, 5.41) is 3.18. The first-order valence-electron chi connectivity index (χ1n) is 8.82. The first-order chi connectivity index (χ1) is 13.0. The monoisotopic (exact) mass is 369 g/mol. The first kappa shape index (κ1) is 18.6. The molecule has 0 bridgehead atoms. The molecule has 0 spiro atoms. The third kappa shape index (κ3) is 4.69. The van der Waals surface area contributed by atoms with Gasteiger partial charge in [-0.15, -0.1) is 0 Å². The molecule has 1 aromatic heterocycles. The van der Waals surface area contributed by atoms with Gasteiger partial charge in [-0.25, -0.2) is 9.18 Å². The van der Waals surface area contributed by atoms with E-state index in [0.29, 0.717) is 48.8 Å². The molecule has 2 aromatic carbocycles. The minimum absolute atomic E-state index is 0.151. The predicted octanol–water partition coefficient (Wildman–Crippen LogP) is 3.03. The van der Waals surface area contributed by atoms with E-state index in [4.69, 9.17) is 0 Å². The highest BCUT2D eigenvalue weighted by Crippen LogP contribution is 2.10. The van der Waals surface area contributed by atoms with Crippen LogP contribution in [0, 0.1) is 5.82 Å². The summed E-state index contributed by atoms with van der Waals surface area (Å²) in [6, 6.07) is 12.5. The van der Waals surface area contributed by atoms with Crippen LogP contribution >= 0.6 is 0 Å². The molecule has 140 valence electrons. The van der Waals surface area contributed by atoms with Crippen LogP contribution < -0.4 is 16.6 Å². The van der Waals surface area contributed by atoms with E-state index in [0.717, 1.165) is 0 Å². The topological polar surface area (TPSA) is 84.0 Å². The van der Waals surface area contributed by atoms with E-state index in [-0.39, 0.29) is 17.3 Å². The van der Waals surface area contributed by atoms with Crippen molar-refractivity contribution < 1.29 is 9.18 Å². The number of hydrogen-bond acceptors (Lipinski definition) is 3. The van der Waals surface area contributed by atoms with Crippen LogP contribution in [0.15, 0.2) is 58.1 Å². The van der Waals surface area contributed by atoms with Crippen LogP contribution in [0.5, 0.6) is 0 Å². The Balaban J connectivity index is 1.48. The van der Waals surface area contributed by atoms with Crippen LogP contribution in [0.3, 0.4) is 0 Å². The van der Waals surface area contributed by atoms with Crippen LogP contribution in [0.2, 0.25) is 0 Å². The maximum absolute atomic E-state index is 12.8. The van der Waals surface area contributed by atoms with Crippen molar-refractivity contribution in [3.05, 3.63) is 75.2 Å². The molecule has 6 nitrogen and oxygen atoms in total. The van der Waals surface area contributed by atoms with Gasteiger partial charge in [0.05, 0.1) is 10.9 Å². The molecular formula is C20H20FN3O3. The fourth-order valence-electron chi connectivity index (χ4n) is 2.89. The molecule has 0 radical (unpaired) electrons. The molecule has 0 unspecified atom stereocenters. The van der Waals surface area contributed by atoms with Gasteiger partial charge in [-0.2, -0.15) is 0 Å². The van der Waals surface area contributed by atoms with Crippen molar-refractivity contribution in [3.8, 4) is 0 Å². The summed E-state index contributed by atoms with van der Waals surface area (Å²) in [5.41, 5.74) is 0.355. The van der Waals surface area contributed by atoms with Gasteiger partial charge in [-0.05, 0) is 49.2 Å². The fraction of sp³-hybridized carbons (Fsp3) is 0.250. The molecule has 0 fully saturated rings. The van der Waals surface area contributed by atoms with Crippen molar-refractivity contribution >= 4 is 22.5 Å². The van der Waals surface area contributed by atoms with Gasteiger partial charge >= 0.3 is 5.69 Å². The van der Waals surface area contributed by atoms with Crippen LogP contribution in [-0.4, -0.2) is 15.5 Å². The summed E-state index contributed by atoms with van der Waals surface area (Å²) in [4.78, 5) is 39.0. The molecule has 0 saturated carbocycles. The zero-order chi connectivity index (χ0) is 19.2. The lowest BCUT2D eigenvalue weighted by Gasteiger charge is -2.07. The normalized spacial score (nSPS) is 10.9. The van der Waals surface area contributed by atoms with Crippen molar-refractivity contribution in [2.45, 2.75) is 32.2 Å². The number of rotatable bonds is 7. The summed E-state index contributed by atoms with van der Waals surface area (Å²) in [5.74, 6) is -0.505. The number of anilines is 1. The lowest BCUT2D eigenvalue weighted by Crippen LogP contribution is -2.35. The first-order valence-corrected chi connectivity index (χ1v) is 8.82. The van der Waals surface area contributed by atoms with E-state index < -0.39 is 5.69 Å². The largest absolute Gasteiger partial charge is 0.328 e. The number of fused-ring (bicyclic) bond motifs is 1. The minimum Gasteiger partial charge on any atom is -0.326 e. The summed E-state index contributed by atoms with van der Waals surface area (Å²) in [6.45, 7) is 0.304. The summed E-state index contributed by atoms with van der Waals surface area (Å²) in [7, 11) is 0. The molecule has 0 atom stereocenters. The second-order valence-electron chi connectivity index (χ2n) is 6.30. The molecule has 1 amide bonds. The zero-order valence-electron chi connectivity index (χ0n) is 14.7. The Labute approximate surface area is 154 Å². The number of carbonyl (C=O) groups excluding carboxylic acids is 1. The number of para-hydroxylation sites is 1. The van der Waals surface area contributed by atoms with Crippen molar-refractivity contribution in [3.63, 3.8) is 0 Å². The Morgan fingerprint density at radius 2 is 1.74 bits per heavy atom. The number of H-pyrrole nitrogens is 1. The molecule has 27 heavy (non-hydrogen) atoms. The number of nitrogens with zero attached hydrogens (tertiary/aromatic N) is 1. The Hall–Kier alpha value is -3.22. The Bertz CT molecular complexity index is 1050. The van der Waals surface area contributed by atoms with Crippen LogP contribution in [-0.2, 0) is 11.3 Å². The van der Waals surface area contributed by atoms with Gasteiger partial charge in [0.25, 0.3) is 5.56 Å². The van der Waals surface area contributed by atoms with E-state index in [9.17, 15) is 18.8 Å². The molecular weight excluding hydrogens is 349 g/mol. The average Bonchev–Trinajstić information content (AvgIpc) is 2.65. The van der Waals surface area contributed by atoms with Crippen LogP contribution in [0.4, 0.5) is 10.1 Å². The Morgan fingerprint density at radius 3 is 2.52 bits per heavy atom. The zero-order valence-corrected chi connectivity index (χ0v) is 14.7. The van der Waals surface area contributed by atoms with Crippen molar-refractivity contribution in [1.82, 2.24) is 9.55 Å². The van der Waals surface area contributed by atoms with Crippen LogP contribution in [0.1, 0.15) is 25.7 Å². The number of aromatic nitrogens is 2. The summed E-state index contributed by atoms with van der Waals surface area (Å²) >= 11 is 0. The van der Waals surface area contributed by atoms with Crippen molar-refractivity contribution in [1.29, 1.82) is 0 Å². The number of amides is 1. The van der Waals surface area contributed by atoms with Gasteiger partial charge in [-0.3, -0.25) is 14.2 Å². The van der Waals surface area contributed by atoms with E-state index in [1.165, 1.54) is 28.8 Å². The molecule has 1 heterocycles. The molecule has 2 N–H and O–H groups in total. The number of benzene rings is 2. The van der Waals surface area contributed by atoms with Crippen molar-refractivity contribution in [2.24, 2.45) is 0 Å². The highest BCUT2D eigenvalue weighted by atomic mass is 19.1. The molecule has 0 aliphatic rings.